The number of hydrogen-bond donors (Lipinski definition) is 2. The van der Waals surface area contributed by atoms with Crippen LogP contribution < -0.4 is 11.2 Å². The number of rotatable bonds is 5. The van der Waals surface area contributed by atoms with Gasteiger partial charge in [-0.25, -0.2) is 10.2 Å². The first-order valence-electron chi connectivity index (χ1n) is 5.82. The van der Waals surface area contributed by atoms with Crippen molar-refractivity contribution in [1.29, 1.82) is 0 Å². The van der Waals surface area contributed by atoms with Gasteiger partial charge in [0.1, 0.15) is 0 Å². The largest absolute Gasteiger partial charge is 0.350 e. The Morgan fingerprint density at radius 2 is 2.00 bits per heavy atom. The van der Waals surface area contributed by atoms with E-state index >= 15 is 0 Å². The van der Waals surface area contributed by atoms with Gasteiger partial charge in [-0.2, -0.15) is 5.10 Å². The molecule has 0 aromatic heterocycles. The Bertz CT molecular complexity index is 396. The molecule has 0 heterocycles. The fourth-order valence-electron chi connectivity index (χ4n) is 1.50. The van der Waals surface area contributed by atoms with Gasteiger partial charge in [-0.1, -0.05) is 37.6 Å². The van der Waals surface area contributed by atoms with E-state index in [1.54, 1.807) is 0 Å². The zero-order valence-corrected chi connectivity index (χ0v) is 10.4. The SMILES string of the molecule is CCCCc1ccc(/C(C)=N\NC(N)=O)cc1. The number of hydrogen-bond acceptors (Lipinski definition) is 2. The number of nitrogens with one attached hydrogen (secondary N) is 1. The molecule has 2 amide bonds. The lowest BCUT2D eigenvalue weighted by Crippen LogP contribution is -2.25. The molecule has 0 unspecified atom stereocenters. The minimum atomic E-state index is -0.649. The number of hydrazone groups is 1. The van der Waals surface area contributed by atoms with E-state index in [4.69, 9.17) is 5.73 Å². The van der Waals surface area contributed by atoms with E-state index in [0.29, 0.717) is 0 Å². The van der Waals surface area contributed by atoms with Gasteiger partial charge < -0.3 is 5.73 Å². The van der Waals surface area contributed by atoms with E-state index in [2.05, 4.69) is 29.6 Å². The third-order valence-corrected chi connectivity index (χ3v) is 2.52. The van der Waals surface area contributed by atoms with E-state index in [1.807, 2.05) is 19.1 Å². The summed E-state index contributed by atoms with van der Waals surface area (Å²) in [4.78, 5) is 10.5. The topological polar surface area (TPSA) is 67.5 Å². The molecule has 17 heavy (non-hydrogen) atoms. The normalized spacial score (nSPS) is 11.3. The van der Waals surface area contributed by atoms with Crippen molar-refractivity contribution in [3.05, 3.63) is 35.4 Å². The molecular formula is C13H19N3O. The molecule has 0 radical (unpaired) electrons. The van der Waals surface area contributed by atoms with Crippen molar-refractivity contribution in [2.75, 3.05) is 0 Å². The smallest absolute Gasteiger partial charge is 0.332 e. The first-order chi connectivity index (χ1) is 8.13. The molecule has 92 valence electrons. The van der Waals surface area contributed by atoms with Crippen LogP contribution in [0, 0.1) is 0 Å². The Kier molecular flexibility index (Phi) is 5.20. The molecule has 0 saturated carbocycles. The Labute approximate surface area is 102 Å². The van der Waals surface area contributed by atoms with Crippen LogP contribution in [0.2, 0.25) is 0 Å². The Balaban J connectivity index is 2.66. The summed E-state index contributed by atoms with van der Waals surface area (Å²) in [6.45, 7) is 4.01. The summed E-state index contributed by atoms with van der Waals surface area (Å²) in [7, 11) is 0. The highest BCUT2D eigenvalue weighted by Gasteiger charge is 1.99. The fourth-order valence-corrected chi connectivity index (χ4v) is 1.50. The van der Waals surface area contributed by atoms with Crippen molar-refractivity contribution in [1.82, 2.24) is 5.43 Å². The lowest BCUT2D eigenvalue weighted by molar-refractivity contribution is 0.249. The molecule has 1 rings (SSSR count). The number of nitrogens with zero attached hydrogens (tertiary/aromatic N) is 1. The number of urea groups is 1. The first-order valence-corrected chi connectivity index (χ1v) is 5.82. The van der Waals surface area contributed by atoms with Gasteiger partial charge in [-0.3, -0.25) is 0 Å². The predicted molar refractivity (Wildman–Crippen MR) is 70.0 cm³/mol. The zero-order valence-electron chi connectivity index (χ0n) is 10.4. The number of benzene rings is 1. The number of nitrogens with two attached hydrogens (primary N) is 1. The summed E-state index contributed by atoms with van der Waals surface area (Å²) in [6.07, 6.45) is 3.51. The van der Waals surface area contributed by atoms with Crippen molar-refractivity contribution in [3.63, 3.8) is 0 Å². The highest BCUT2D eigenvalue weighted by atomic mass is 16.2. The third-order valence-electron chi connectivity index (χ3n) is 2.52. The summed E-state index contributed by atoms with van der Waals surface area (Å²) in [5, 5.41) is 3.88. The number of carbonyl (C=O) groups excluding carboxylic acids is 1. The predicted octanol–water partition coefficient (Wildman–Crippen LogP) is 2.42. The molecule has 4 heteroatoms. The van der Waals surface area contributed by atoms with Crippen molar-refractivity contribution >= 4 is 11.7 Å². The molecule has 0 spiro atoms. The molecule has 1 aromatic rings. The molecule has 0 aliphatic heterocycles. The molecule has 1 aromatic carbocycles. The number of amides is 2. The van der Waals surface area contributed by atoms with E-state index in [0.717, 1.165) is 17.7 Å². The molecule has 0 bridgehead atoms. The summed E-state index contributed by atoms with van der Waals surface area (Å²) >= 11 is 0. The van der Waals surface area contributed by atoms with E-state index in [9.17, 15) is 4.79 Å². The average molecular weight is 233 g/mol. The lowest BCUT2D eigenvalue weighted by Gasteiger charge is -2.03. The fraction of sp³-hybridized carbons (Fsp3) is 0.385. The maximum absolute atomic E-state index is 10.5. The van der Waals surface area contributed by atoms with Gasteiger partial charge in [-0.15, -0.1) is 0 Å². The highest BCUT2D eigenvalue weighted by Crippen LogP contribution is 2.08. The van der Waals surface area contributed by atoms with Crippen molar-refractivity contribution < 1.29 is 4.79 Å². The number of unbranched alkanes of at least 4 members (excludes halogenated alkanes) is 1. The Morgan fingerprint density at radius 3 is 2.53 bits per heavy atom. The standard InChI is InChI=1S/C13H19N3O/c1-3-4-5-11-6-8-12(9-7-11)10(2)15-16-13(14)17/h6-9H,3-5H2,1-2H3,(H3,14,16,17)/b15-10-. The van der Waals surface area contributed by atoms with Crippen LogP contribution in [0.3, 0.4) is 0 Å². The Hall–Kier alpha value is -1.84. The number of carbonyl (C=O) groups is 1. The molecule has 0 atom stereocenters. The minimum absolute atomic E-state index is 0.649. The summed E-state index contributed by atoms with van der Waals surface area (Å²) in [6, 6.07) is 7.55. The molecule has 0 aliphatic carbocycles. The van der Waals surface area contributed by atoms with Crippen LogP contribution >= 0.6 is 0 Å². The van der Waals surface area contributed by atoms with Crippen LogP contribution in [-0.2, 0) is 6.42 Å². The second-order valence-corrected chi connectivity index (χ2v) is 3.97. The van der Waals surface area contributed by atoms with Gasteiger partial charge in [-0.05, 0) is 30.9 Å². The van der Waals surface area contributed by atoms with Crippen LogP contribution in [0.1, 0.15) is 37.8 Å². The first kappa shape index (κ1) is 13.2. The van der Waals surface area contributed by atoms with E-state index in [-0.39, 0.29) is 0 Å². The van der Waals surface area contributed by atoms with Gasteiger partial charge in [0.25, 0.3) is 0 Å². The van der Waals surface area contributed by atoms with Gasteiger partial charge in [0.2, 0.25) is 0 Å². The quantitative estimate of drug-likeness (QED) is 0.595. The molecule has 4 nitrogen and oxygen atoms in total. The molecule has 3 N–H and O–H groups in total. The third kappa shape index (κ3) is 4.68. The number of primary amides is 1. The van der Waals surface area contributed by atoms with E-state index < -0.39 is 6.03 Å². The second kappa shape index (κ2) is 6.68. The maximum atomic E-state index is 10.5. The van der Waals surface area contributed by atoms with Gasteiger partial charge >= 0.3 is 6.03 Å². The van der Waals surface area contributed by atoms with Gasteiger partial charge in [0.05, 0.1) is 5.71 Å². The van der Waals surface area contributed by atoms with Crippen molar-refractivity contribution in [2.45, 2.75) is 33.1 Å². The van der Waals surface area contributed by atoms with Crippen LogP contribution in [-0.4, -0.2) is 11.7 Å². The summed E-state index contributed by atoms with van der Waals surface area (Å²) < 4.78 is 0. The van der Waals surface area contributed by atoms with Crippen molar-refractivity contribution in [3.8, 4) is 0 Å². The minimum Gasteiger partial charge on any atom is -0.350 e. The van der Waals surface area contributed by atoms with Crippen LogP contribution in [0.15, 0.2) is 29.4 Å². The molecular weight excluding hydrogens is 214 g/mol. The zero-order chi connectivity index (χ0) is 12.7. The molecule has 0 aliphatic rings. The Morgan fingerprint density at radius 1 is 1.35 bits per heavy atom. The monoisotopic (exact) mass is 233 g/mol. The highest BCUT2D eigenvalue weighted by molar-refractivity contribution is 5.99. The van der Waals surface area contributed by atoms with Crippen molar-refractivity contribution in [2.24, 2.45) is 10.8 Å². The average Bonchev–Trinajstić information content (AvgIpc) is 2.34. The molecule has 0 saturated heterocycles. The van der Waals surface area contributed by atoms with Crippen LogP contribution in [0.4, 0.5) is 4.79 Å². The summed E-state index contributed by atoms with van der Waals surface area (Å²) in [5.74, 6) is 0. The lowest BCUT2D eigenvalue weighted by atomic mass is 10.0. The number of aryl methyl sites for hydroxylation is 1. The van der Waals surface area contributed by atoms with Crippen LogP contribution in [0.5, 0.6) is 0 Å². The maximum Gasteiger partial charge on any atom is 0.332 e. The van der Waals surface area contributed by atoms with Gasteiger partial charge in [0, 0.05) is 0 Å². The molecule has 0 fully saturated rings. The van der Waals surface area contributed by atoms with Crippen LogP contribution in [0.25, 0.3) is 0 Å². The second-order valence-electron chi connectivity index (χ2n) is 3.97. The summed E-state index contributed by atoms with van der Waals surface area (Å²) in [5.41, 5.74) is 10.2. The van der Waals surface area contributed by atoms with Gasteiger partial charge in [0.15, 0.2) is 0 Å². The van der Waals surface area contributed by atoms with E-state index in [1.165, 1.54) is 18.4 Å².